The van der Waals surface area contributed by atoms with Gasteiger partial charge in [-0.1, -0.05) is 0 Å². The molecule has 7 heteroatoms. The zero-order chi connectivity index (χ0) is 12.6. The van der Waals surface area contributed by atoms with Gasteiger partial charge in [-0.15, -0.1) is 0 Å². The fourth-order valence-corrected chi connectivity index (χ4v) is 1.92. The monoisotopic (exact) mass is 255 g/mol. The lowest BCUT2D eigenvalue weighted by atomic mass is 10.4. The molecule has 2 heterocycles. The Balaban J connectivity index is 2.51. The number of ether oxygens (including phenoxy) is 1. The molecule has 0 aliphatic heterocycles. The summed E-state index contributed by atoms with van der Waals surface area (Å²) in [6.07, 6.45) is 1.18. The van der Waals surface area contributed by atoms with Crippen LogP contribution < -0.4 is 4.74 Å². The van der Waals surface area contributed by atoms with E-state index in [2.05, 4.69) is 15.0 Å². The summed E-state index contributed by atoms with van der Waals surface area (Å²) in [5.41, 5.74) is 1.14. The number of pyridine rings is 1. The van der Waals surface area contributed by atoms with Crippen LogP contribution in [0, 0.1) is 0 Å². The van der Waals surface area contributed by atoms with Crippen molar-refractivity contribution in [3.05, 3.63) is 18.0 Å². The number of hydrogen-bond acceptors (Lipinski definition) is 5. The van der Waals surface area contributed by atoms with Gasteiger partial charge in [-0.05, 0) is 13.0 Å². The maximum absolute atomic E-state index is 11.4. The standard InChI is InChI=1S/C10H13N3O3S/c1-6(17(3,14)15)9-11-7-4-5-8(16-2)12-10(7)13-9/h4-6H,1-3H3,(H,11,12,13). The van der Waals surface area contributed by atoms with Crippen molar-refractivity contribution in [1.29, 1.82) is 0 Å². The van der Waals surface area contributed by atoms with Crippen molar-refractivity contribution < 1.29 is 13.2 Å². The van der Waals surface area contributed by atoms with E-state index in [0.29, 0.717) is 22.9 Å². The third-order valence-corrected chi connectivity index (χ3v) is 4.08. The summed E-state index contributed by atoms with van der Waals surface area (Å²) in [5.74, 6) is 0.839. The van der Waals surface area contributed by atoms with Crippen molar-refractivity contribution >= 4 is 21.0 Å². The molecule has 0 aromatic carbocycles. The smallest absolute Gasteiger partial charge is 0.215 e. The van der Waals surface area contributed by atoms with E-state index in [1.807, 2.05) is 0 Å². The second-order valence-electron chi connectivity index (χ2n) is 3.82. The van der Waals surface area contributed by atoms with Crippen molar-refractivity contribution in [3.8, 4) is 5.88 Å². The zero-order valence-corrected chi connectivity index (χ0v) is 10.6. The highest BCUT2D eigenvalue weighted by atomic mass is 32.2. The summed E-state index contributed by atoms with van der Waals surface area (Å²) >= 11 is 0. The highest BCUT2D eigenvalue weighted by Gasteiger charge is 2.21. The number of imidazole rings is 1. The van der Waals surface area contributed by atoms with Crippen molar-refractivity contribution in [2.24, 2.45) is 0 Å². The summed E-state index contributed by atoms with van der Waals surface area (Å²) in [4.78, 5) is 11.2. The van der Waals surface area contributed by atoms with Gasteiger partial charge < -0.3 is 9.72 Å². The van der Waals surface area contributed by atoms with Crippen molar-refractivity contribution in [2.75, 3.05) is 13.4 Å². The summed E-state index contributed by atoms with van der Waals surface area (Å²) in [6, 6.07) is 3.45. The number of sulfone groups is 1. The number of aromatic amines is 1. The first-order valence-corrected chi connectivity index (χ1v) is 6.97. The molecular formula is C10H13N3O3S. The zero-order valence-electron chi connectivity index (χ0n) is 9.76. The Kier molecular flexibility index (Phi) is 2.78. The molecule has 0 aliphatic rings. The Morgan fingerprint density at radius 3 is 2.65 bits per heavy atom. The van der Waals surface area contributed by atoms with Crippen LogP contribution in [0.1, 0.15) is 18.0 Å². The second-order valence-corrected chi connectivity index (χ2v) is 6.18. The molecule has 1 atom stereocenters. The van der Waals surface area contributed by atoms with Crippen molar-refractivity contribution in [1.82, 2.24) is 15.0 Å². The first kappa shape index (κ1) is 11.8. The molecule has 0 saturated carbocycles. The molecule has 6 nitrogen and oxygen atoms in total. The third-order valence-electron chi connectivity index (χ3n) is 2.58. The lowest BCUT2D eigenvalue weighted by Crippen LogP contribution is -2.09. The third kappa shape index (κ3) is 2.23. The fourth-order valence-electron chi connectivity index (χ4n) is 1.40. The first-order valence-electron chi connectivity index (χ1n) is 5.01. The van der Waals surface area contributed by atoms with Crippen LogP contribution in [0.15, 0.2) is 12.1 Å². The lowest BCUT2D eigenvalue weighted by Gasteiger charge is -2.03. The Labute approximate surface area is 99.0 Å². The molecule has 0 aliphatic carbocycles. The largest absolute Gasteiger partial charge is 0.481 e. The summed E-state index contributed by atoms with van der Waals surface area (Å²) in [6.45, 7) is 1.59. The average Bonchev–Trinajstić information content (AvgIpc) is 2.68. The van der Waals surface area contributed by atoms with E-state index < -0.39 is 15.1 Å². The van der Waals surface area contributed by atoms with E-state index in [1.165, 1.54) is 13.4 Å². The minimum atomic E-state index is -3.17. The number of fused-ring (bicyclic) bond motifs is 1. The number of aromatic nitrogens is 3. The van der Waals surface area contributed by atoms with Crippen molar-refractivity contribution in [2.45, 2.75) is 12.2 Å². The molecule has 0 fully saturated rings. The Bertz CT molecular complexity index is 648. The topological polar surface area (TPSA) is 84.9 Å². The van der Waals surface area contributed by atoms with Gasteiger partial charge in [0.25, 0.3) is 0 Å². The maximum atomic E-state index is 11.4. The highest BCUT2D eigenvalue weighted by molar-refractivity contribution is 7.90. The minimum absolute atomic E-state index is 0.392. The van der Waals surface area contributed by atoms with E-state index in [9.17, 15) is 8.42 Å². The van der Waals surface area contributed by atoms with Gasteiger partial charge in [0.2, 0.25) is 5.88 Å². The highest BCUT2D eigenvalue weighted by Crippen LogP contribution is 2.21. The van der Waals surface area contributed by atoms with E-state index in [4.69, 9.17) is 4.74 Å². The van der Waals surface area contributed by atoms with Gasteiger partial charge in [0.05, 0.1) is 12.6 Å². The van der Waals surface area contributed by atoms with Crippen LogP contribution in [0.5, 0.6) is 5.88 Å². The summed E-state index contributed by atoms with van der Waals surface area (Å²) in [7, 11) is -1.66. The molecule has 17 heavy (non-hydrogen) atoms. The second kappa shape index (κ2) is 3.99. The number of nitrogens with one attached hydrogen (secondary N) is 1. The molecule has 2 aromatic rings. The normalized spacial score (nSPS) is 13.8. The molecule has 2 rings (SSSR count). The van der Waals surface area contributed by atoms with Crippen LogP contribution >= 0.6 is 0 Å². The fraction of sp³-hybridized carbons (Fsp3) is 0.400. The SMILES string of the molecule is COc1ccc2[nH]c(C(C)S(C)(=O)=O)nc2n1. The number of hydrogen-bond donors (Lipinski definition) is 1. The van der Waals surface area contributed by atoms with Crippen molar-refractivity contribution in [3.63, 3.8) is 0 Å². The van der Waals surface area contributed by atoms with E-state index in [0.717, 1.165) is 0 Å². The quantitative estimate of drug-likeness (QED) is 0.886. The van der Waals surface area contributed by atoms with Gasteiger partial charge in [-0.2, -0.15) is 4.98 Å². The molecule has 0 amide bonds. The molecule has 1 unspecified atom stereocenters. The van der Waals surface area contributed by atoms with Crippen LogP contribution in [0.4, 0.5) is 0 Å². The van der Waals surface area contributed by atoms with Gasteiger partial charge in [0.15, 0.2) is 15.5 Å². The van der Waals surface area contributed by atoms with Crippen LogP contribution in [0.3, 0.4) is 0 Å². The Morgan fingerprint density at radius 2 is 2.06 bits per heavy atom. The van der Waals surface area contributed by atoms with Crippen LogP contribution in [0.25, 0.3) is 11.2 Å². The summed E-state index contributed by atoms with van der Waals surface area (Å²) in [5, 5.41) is -0.678. The van der Waals surface area contributed by atoms with Crippen LogP contribution in [0.2, 0.25) is 0 Å². The van der Waals surface area contributed by atoms with Gasteiger partial charge in [-0.3, -0.25) is 0 Å². The molecule has 0 spiro atoms. The maximum Gasteiger partial charge on any atom is 0.215 e. The van der Waals surface area contributed by atoms with Crippen LogP contribution in [-0.2, 0) is 9.84 Å². The van der Waals surface area contributed by atoms with Gasteiger partial charge in [0.1, 0.15) is 11.1 Å². The molecular weight excluding hydrogens is 242 g/mol. The van der Waals surface area contributed by atoms with Gasteiger partial charge in [-0.25, -0.2) is 13.4 Å². The molecule has 0 bridgehead atoms. The predicted octanol–water partition coefficient (Wildman–Crippen LogP) is 1.07. The van der Waals surface area contributed by atoms with E-state index in [-0.39, 0.29) is 0 Å². The van der Waals surface area contributed by atoms with Gasteiger partial charge >= 0.3 is 0 Å². The number of H-pyrrole nitrogens is 1. The first-order chi connectivity index (χ1) is 7.91. The average molecular weight is 255 g/mol. The lowest BCUT2D eigenvalue weighted by molar-refractivity contribution is 0.399. The number of methoxy groups -OCH3 is 1. The minimum Gasteiger partial charge on any atom is -0.481 e. The molecule has 1 N–H and O–H groups in total. The Hall–Kier alpha value is -1.63. The predicted molar refractivity (Wildman–Crippen MR) is 63.7 cm³/mol. The number of rotatable bonds is 3. The summed E-state index contributed by atoms with van der Waals surface area (Å²) < 4.78 is 27.8. The molecule has 2 aromatic heterocycles. The molecule has 0 saturated heterocycles. The molecule has 92 valence electrons. The van der Waals surface area contributed by atoms with Crippen LogP contribution in [-0.4, -0.2) is 36.7 Å². The van der Waals surface area contributed by atoms with Gasteiger partial charge in [0, 0.05) is 12.3 Å². The van der Waals surface area contributed by atoms with E-state index in [1.54, 1.807) is 19.1 Å². The number of nitrogens with zero attached hydrogens (tertiary/aromatic N) is 2. The Morgan fingerprint density at radius 1 is 1.35 bits per heavy atom. The molecule has 0 radical (unpaired) electrons. The van der Waals surface area contributed by atoms with E-state index >= 15 is 0 Å².